The Morgan fingerprint density at radius 2 is 2.00 bits per heavy atom. The molecule has 0 spiro atoms. The summed E-state index contributed by atoms with van der Waals surface area (Å²) in [6.45, 7) is 3.23. The summed E-state index contributed by atoms with van der Waals surface area (Å²) in [5.41, 5.74) is 5.51. The molecule has 0 rings (SSSR count). The predicted molar refractivity (Wildman–Crippen MR) is 86.9 cm³/mol. The second-order valence-corrected chi connectivity index (χ2v) is 5.35. The molecule has 5 N–H and O–H groups in total. The molecule has 0 aliphatic heterocycles. The first-order chi connectivity index (χ1) is 11.1. The van der Waals surface area contributed by atoms with Gasteiger partial charge in [0.1, 0.15) is 6.10 Å². The number of aliphatic hydroxyl groups is 1. The van der Waals surface area contributed by atoms with E-state index < -0.39 is 12.2 Å². The Kier molecular flexibility index (Phi) is 13.4. The van der Waals surface area contributed by atoms with Crippen molar-refractivity contribution >= 4 is 12.0 Å². The Morgan fingerprint density at radius 1 is 1.26 bits per heavy atom. The number of nitrogens with one attached hydrogen (secondary N) is 2. The normalized spacial score (nSPS) is 13.2. The number of hydrogen-bond acceptors (Lipinski definition) is 6. The monoisotopic (exact) mass is 333 g/mol. The second-order valence-electron chi connectivity index (χ2n) is 5.35. The first-order valence-electron chi connectivity index (χ1n) is 8.08. The maximum absolute atomic E-state index is 11.6. The molecule has 0 bridgehead atoms. The standard InChI is InChI=1S/C15H31N3O5/c1-3-14(20)18-9-13(8-16)23-15(21)17-7-5-4-6-12(10-19)11-22-2/h12-13,19H,3-11,16H2,1-2H3,(H,17,21)(H,18,20). The van der Waals surface area contributed by atoms with E-state index in [9.17, 15) is 9.59 Å². The number of unbranched alkanes of at least 4 members (excludes halogenated alkanes) is 1. The molecule has 0 aromatic heterocycles. The molecule has 8 heteroatoms. The number of rotatable bonds is 13. The average molecular weight is 333 g/mol. The SMILES string of the molecule is CCC(=O)NCC(CN)OC(=O)NCCCCC(CO)COC. The molecule has 0 fully saturated rings. The number of nitrogens with two attached hydrogens (primary N) is 1. The van der Waals surface area contributed by atoms with Gasteiger partial charge in [0.2, 0.25) is 5.91 Å². The zero-order valence-electron chi connectivity index (χ0n) is 14.2. The lowest BCUT2D eigenvalue weighted by Crippen LogP contribution is -2.41. The van der Waals surface area contributed by atoms with Crippen molar-refractivity contribution in [1.82, 2.24) is 10.6 Å². The fourth-order valence-electron chi connectivity index (χ4n) is 1.93. The van der Waals surface area contributed by atoms with E-state index in [0.717, 1.165) is 19.3 Å². The van der Waals surface area contributed by atoms with Crippen LogP contribution in [0.3, 0.4) is 0 Å². The summed E-state index contributed by atoms with van der Waals surface area (Å²) in [5.74, 6) is 0.0257. The van der Waals surface area contributed by atoms with Gasteiger partial charge in [-0.2, -0.15) is 0 Å². The van der Waals surface area contributed by atoms with Crippen molar-refractivity contribution in [3.63, 3.8) is 0 Å². The zero-order valence-corrected chi connectivity index (χ0v) is 14.2. The van der Waals surface area contributed by atoms with Gasteiger partial charge in [-0.15, -0.1) is 0 Å². The lowest BCUT2D eigenvalue weighted by atomic mass is 10.0. The van der Waals surface area contributed by atoms with Crippen molar-refractivity contribution in [2.45, 2.75) is 38.7 Å². The van der Waals surface area contributed by atoms with Gasteiger partial charge in [-0.3, -0.25) is 4.79 Å². The molecule has 2 amide bonds. The van der Waals surface area contributed by atoms with Crippen molar-refractivity contribution in [3.05, 3.63) is 0 Å². The van der Waals surface area contributed by atoms with Crippen LogP contribution in [0.4, 0.5) is 4.79 Å². The van der Waals surface area contributed by atoms with Crippen molar-refractivity contribution in [2.24, 2.45) is 11.7 Å². The highest BCUT2D eigenvalue weighted by molar-refractivity contribution is 5.75. The van der Waals surface area contributed by atoms with Crippen molar-refractivity contribution < 1.29 is 24.2 Å². The van der Waals surface area contributed by atoms with Crippen LogP contribution in [0.25, 0.3) is 0 Å². The fraction of sp³-hybridized carbons (Fsp3) is 0.867. The van der Waals surface area contributed by atoms with Crippen LogP contribution in [0.1, 0.15) is 32.6 Å². The number of carbonyl (C=O) groups is 2. The Morgan fingerprint density at radius 3 is 2.57 bits per heavy atom. The maximum atomic E-state index is 11.6. The third-order valence-corrected chi connectivity index (χ3v) is 3.35. The van der Waals surface area contributed by atoms with Gasteiger partial charge >= 0.3 is 6.09 Å². The summed E-state index contributed by atoms with van der Waals surface area (Å²) < 4.78 is 10.1. The number of alkyl carbamates (subject to hydrolysis) is 1. The Hall–Kier alpha value is -1.38. The minimum atomic E-state index is -0.540. The van der Waals surface area contributed by atoms with E-state index in [1.54, 1.807) is 14.0 Å². The third kappa shape index (κ3) is 11.8. The molecule has 8 nitrogen and oxygen atoms in total. The van der Waals surface area contributed by atoms with E-state index in [0.29, 0.717) is 19.6 Å². The largest absolute Gasteiger partial charge is 0.443 e. The van der Waals surface area contributed by atoms with E-state index in [1.807, 2.05) is 0 Å². The minimum absolute atomic E-state index is 0.102. The molecule has 136 valence electrons. The first-order valence-corrected chi connectivity index (χ1v) is 8.08. The summed E-state index contributed by atoms with van der Waals surface area (Å²) in [7, 11) is 1.61. The van der Waals surface area contributed by atoms with Crippen molar-refractivity contribution in [1.29, 1.82) is 0 Å². The van der Waals surface area contributed by atoms with Crippen LogP contribution in [0.2, 0.25) is 0 Å². The highest BCUT2D eigenvalue weighted by atomic mass is 16.6. The highest BCUT2D eigenvalue weighted by Gasteiger charge is 2.13. The van der Waals surface area contributed by atoms with Crippen LogP contribution >= 0.6 is 0 Å². The summed E-state index contributed by atoms with van der Waals surface area (Å²) in [5, 5.41) is 14.4. The van der Waals surface area contributed by atoms with Crippen LogP contribution in [-0.2, 0) is 14.3 Å². The second kappa shape index (κ2) is 14.2. The molecule has 0 heterocycles. The van der Waals surface area contributed by atoms with E-state index in [1.165, 1.54) is 0 Å². The van der Waals surface area contributed by atoms with Crippen LogP contribution in [0, 0.1) is 5.92 Å². The van der Waals surface area contributed by atoms with Crippen LogP contribution < -0.4 is 16.4 Å². The predicted octanol–water partition coefficient (Wildman–Crippen LogP) is -0.00870. The lowest BCUT2D eigenvalue weighted by molar-refractivity contribution is -0.121. The number of ether oxygens (including phenoxy) is 2. The van der Waals surface area contributed by atoms with Crippen LogP contribution in [-0.4, -0.2) is 63.2 Å². The van der Waals surface area contributed by atoms with Crippen LogP contribution in [0.15, 0.2) is 0 Å². The quantitative estimate of drug-likeness (QED) is 0.352. The van der Waals surface area contributed by atoms with Gasteiger partial charge in [-0.05, 0) is 12.8 Å². The van der Waals surface area contributed by atoms with Crippen molar-refractivity contribution in [3.8, 4) is 0 Å². The fourth-order valence-corrected chi connectivity index (χ4v) is 1.93. The zero-order chi connectivity index (χ0) is 17.5. The third-order valence-electron chi connectivity index (χ3n) is 3.35. The number of carbonyl (C=O) groups excluding carboxylic acids is 2. The Bertz CT molecular complexity index is 328. The van der Waals surface area contributed by atoms with Gasteiger partial charge < -0.3 is 30.9 Å². The van der Waals surface area contributed by atoms with Gasteiger partial charge in [0.25, 0.3) is 0 Å². The molecule has 0 saturated carbocycles. The molecule has 0 aliphatic rings. The molecular formula is C15H31N3O5. The van der Waals surface area contributed by atoms with Gasteiger partial charge in [0, 0.05) is 39.1 Å². The van der Waals surface area contributed by atoms with Crippen molar-refractivity contribution in [2.75, 3.05) is 40.0 Å². The maximum Gasteiger partial charge on any atom is 0.407 e. The average Bonchev–Trinajstić information content (AvgIpc) is 2.56. The molecular weight excluding hydrogens is 302 g/mol. The molecule has 0 aromatic rings. The van der Waals surface area contributed by atoms with E-state index >= 15 is 0 Å². The topological polar surface area (TPSA) is 123 Å². The molecule has 2 atom stereocenters. The summed E-state index contributed by atoms with van der Waals surface area (Å²) in [6, 6.07) is 0. The number of aliphatic hydroxyl groups excluding tert-OH is 1. The number of amides is 2. The summed E-state index contributed by atoms with van der Waals surface area (Å²) in [4.78, 5) is 22.8. The number of hydrogen-bond donors (Lipinski definition) is 4. The Labute approximate surface area is 138 Å². The first kappa shape index (κ1) is 21.6. The molecule has 0 aromatic carbocycles. The minimum Gasteiger partial charge on any atom is -0.443 e. The smallest absolute Gasteiger partial charge is 0.407 e. The molecule has 0 radical (unpaired) electrons. The van der Waals surface area contributed by atoms with Gasteiger partial charge in [-0.25, -0.2) is 4.79 Å². The Balaban J connectivity index is 3.77. The lowest BCUT2D eigenvalue weighted by Gasteiger charge is -2.17. The summed E-state index contributed by atoms with van der Waals surface area (Å²) >= 11 is 0. The number of methoxy groups -OCH3 is 1. The molecule has 2 unspecified atom stereocenters. The summed E-state index contributed by atoms with van der Waals surface area (Å²) in [6.07, 6.45) is 1.81. The molecule has 0 saturated heterocycles. The highest BCUT2D eigenvalue weighted by Crippen LogP contribution is 2.07. The van der Waals surface area contributed by atoms with E-state index in [4.69, 9.17) is 20.3 Å². The van der Waals surface area contributed by atoms with E-state index in [-0.39, 0.29) is 31.5 Å². The van der Waals surface area contributed by atoms with Gasteiger partial charge in [0.15, 0.2) is 0 Å². The molecule has 0 aliphatic carbocycles. The van der Waals surface area contributed by atoms with Gasteiger partial charge in [-0.1, -0.05) is 13.3 Å². The van der Waals surface area contributed by atoms with Gasteiger partial charge in [0.05, 0.1) is 13.2 Å². The van der Waals surface area contributed by atoms with Crippen LogP contribution in [0.5, 0.6) is 0 Å². The molecule has 23 heavy (non-hydrogen) atoms. The van der Waals surface area contributed by atoms with E-state index in [2.05, 4.69) is 10.6 Å².